The minimum atomic E-state index is -0.754. The maximum absolute atomic E-state index is 11.9. The third-order valence-corrected chi connectivity index (χ3v) is 3.57. The summed E-state index contributed by atoms with van der Waals surface area (Å²) in [5, 5.41) is 2.55. The quantitative estimate of drug-likeness (QED) is 0.775. The second-order valence-electron chi connectivity index (χ2n) is 5.40. The molecule has 1 rings (SSSR count). The fraction of sp³-hybridized carbons (Fsp3) is 0.471. The molecule has 1 aromatic carbocycles. The summed E-state index contributed by atoms with van der Waals surface area (Å²) >= 11 is 0. The number of rotatable bonds is 7. The molecule has 0 spiro atoms. The predicted molar refractivity (Wildman–Crippen MR) is 84.9 cm³/mol. The molecule has 6 heteroatoms. The summed E-state index contributed by atoms with van der Waals surface area (Å²) in [5.74, 6) is -1.72. The van der Waals surface area contributed by atoms with E-state index < -0.39 is 30.5 Å². The molecule has 6 nitrogen and oxygen atoms in total. The SMILES string of the molecule is CC[C@@H](C)[C@H](NC(=O)COC(=O)c1cccc(C)c1)C(=O)OC. The molecular formula is C17H23NO5. The van der Waals surface area contributed by atoms with Crippen molar-refractivity contribution in [1.29, 1.82) is 0 Å². The third-order valence-electron chi connectivity index (χ3n) is 3.57. The van der Waals surface area contributed by atoms with Gasteiger partial charge in [0.2, 0.25) is 0 Å². The Morgan fingerprint density at radius 1 is 1.26 bits per heavy atom. The number of benzene rings is 1. The minimum absolute atomic E-state index is 0.0844. The molecule has 0 aliphatic carbocycles. The molecule has 0 bridgehead atoms. The molecule has 2 atom stereocenters. The highest BCUT2D eigenvalue weighted by atomic mass is 16.5. The molecule has 1 amide bonds. The number of hydrogen-bond donors (Lipinski definition) is 1. The minimum Gasteiger partial charge on any atom is -0.467 e. The molecule has 0 fully saturated rings. The number of hydrogen-bond acceptors (Lipinski definition) is 5. The lowest BCUT2D eigenvalue weighted by atomic mass is 9.99. The van der Waals surface area contributed by atoms with Crippen molar-refractivity contribution in [3.8, 4) is 0 Å². The molecule has 0 aliphatic heterocycles. The fourth-order valence-corrected chi connectivity index (χ4v) is 2.00. The Labute approximate surface area is 136 Å². The van der Waals surface area contributed by atoms with E-state index in [2.05, 4.69) is 10.1 Å². The number of methoxy groups -OCH3 is 1. The molecular weight excluding hydrogens is 298 g/mol. The molecule has 0 heterocycles. The number of amides is 1. The predicted octanol–water partition coefficient (Wildman–Crippen LogP) is 1.86. The van der Waals surface area contributed by atoms with Crippen LogP contribution in [0.25, 0.3) is 0 Å². The number of carbonyl (C=O) groups excluding carboxylic acids is 3. The standard InChI is InChI=1S/C17H23NO5/c1-5-12(3)15(17(21)22-4)18-14(19)10-23-16(20)13-8-6-7-11(2)9-13/h6-9,12,15H,5,10H2,1-4H3,(H,18,19)/t12-,15+/m1/s1. The average Bonchev–Trinajstić information content (AvgIpc) is 2.56. The van der Waals surface area contributed by atoms with Gasteiger partial charge in [-0.2, -0.15) is 0 Å². The van der Waals surface area contributed by atoms with Gasteiger partial charge in [0.25, 0.3) is 5.91 Å². The van der Waals surface area contributed by atoms with Gasteiger partial charge in [-0.25, -0.2) is 9.59 Å². The van der Waals surface area contributed by atoms with Crippen molar-refractivity contribution in [2.45, 2.75) is 33.2 Å². The van der Waals surface area contributed by atoms with Gasteiger partial charge in [0.1, 0.15) is 6.04 Å². The van der Waals surface area contributed by atoms with Crippen LogP contribution in [-0.4, -0.2) is 37.6 Å². The van der Waals surface area contributed by atoms with Gasteiger partial charge < -0.3 is 14.8 Å². The summed E-state index contributed by atoms with van der Waals surface area (Å²) in [4.78, 5) is 35.5. The fourth-order valence-electron chi connectivity index (χ4n) is 2.00. The zero-order valence-electron chi connectivity index (χ0n) is 13.9. The van der Waals surface area contributed by atoms with Gasteiger partial charge in [-0.15, -0.1) is 0 Å². The average molecular weight is 321 g/mol. The van der Waals surface area contributed by atoms with Crippen LogP contribution in [0.2, 0.25) is 0 Å². The van der Waals surface area contributed by atoms with E-state index in [1.54, 1.807) is 18.2 Å². The van der Waals surface area contributed by atoms with E-state index >= 15 is 0 Å². The molecule has 0 radical (unpaired) electrons. The maximum atomic E-state index is 11.9. The van der Waals surface area contributed by atoms with Crippen LogP contribution in [-0.2, 0) is 19.1 Å². The summed E-state index contributed by atoms with van der Waals surface area (Å²) in [7, 11) is 1.27. The Morgan fingerprint density at radius 3 is 2.52 bits per heavy atom. The highest BCUT2D eigenvalue weighted by molar-refractivity contribution is 5.92. The van der Waals surface area contributed by atoms with Crippen LogP contribution in [0.15, 0.2) is 24.3 Å². The largest absolute Gasteiger partial charge is 0.467 e. The molecule has 0 aromatic heterocycles. The van der Waals surface area contributed by atoms with Crippen LogP contribution >= 0.6 is 0 Å². The number of aryl methyl sites for hydroxylation is 1. The lowest BCUT2D eigenvalue weighted by Gasteiger charge is -2.21. The first-order valence-electron chi connectivity index (χ1n) is 7.50. The number of carbonyl (C=O) groups is 3. The number of ether oxygens (including phenoxy) is 2. The zero-order valence-corrected chi connectivity index (χ0v) is 13.9. The molecule has 0 unspecified atom stereocenters. The van der Waals surface area contributed by atoms with Crippen LogP contribution < -0.4 is 5.32 Å². The Hall–Kier alpha value is -2.37. The van der Waals surface area contributed by atoms with Crippen LogP contribution in [0.1, 0.15) is 36.2 Å². The topological polar surface area (TPSA) is 81.7 Å². The zero-order chi connectivity index (χ0) is 17.4. The monoisotopic (exact) mass is 321 g/mol. The van der Waals surface area contributed by atoms with Crippen molar-refractivity contribution in [2.75, 3.05) is 13.7 Å². The van der Waals surface area contributed by atoms with Crippen molar-refractivity contribution in [3.05, 3.63) is 35.4 Å². The summed E-state index contributed by atoms with van der Waals surface area (Å²) in [6.45, 7) is 5.15. The van der Waals surface area contributed by atoms with E-state index in [0.29, 0.717) is 12.0 Å². The van der Waals surface area contributed by atoms with Crippen molar-refractivity contribution in [3.63, 3.8) is 0 Å². The first-order valence-corrected chi connectivity index (χ1v) is 7.50. The van der Waals surface area contributed by atoms with Crippen LogP contribution in [0, 0.1) is 12.8 Å². The Morgan fingerprint density at radius 2 is 1.96 bits per heavy atom. The van der Waals surface area contributed by atoms with E-state index in [4.69, 9.17) is 4.74 Å². The summed E-state index contributed by atoms with van der Waals surface area (Å²) in [6, 6.07) is 6.13. The van der Waals surface area contributed by atoms with Crippen LogP contribution in [0.4, 0.5) is 0 Å². The van der Waals surface area contributed by atoms with E-state index in [-0.39, 0.29) is 5.92 Å². The highest BCUT2D eigenvalue weighted by Gasteiger charge is 2.26. The number of esters is 2. The number of nitrogens with one attached hydrogen (secondary N) is 1. The second kappa shape index (κ2) is 8.92. The molecule has 0 aliphatic rings. The Kier molecular flexibility index (Phi) is 7.25. The molecule has 1 aromatic rings. The molecule has 0 saturated heterocycles. The van der Waals surface area contributed by atoms with Crippen molar-refractivity contribution >= 4 is 17.8 Å². The summed E-state index contributed by atoms with van der Waals surface area (Å²) < 4.78 is 9.65. The van der Waals surface area contributed by atoms with E-state index in [0.717, 1.165) is 5.56 Å². The Balaban J connectivity index is 2.58. The van der Waals surface area contributed by atoms with Gasteiger partial charge >= 0.3 is 11.9 Å². The van der Waals surface area contributed by atoms with Crippen LogP contribution in [0.5, 0.6) is 0 Å². The van der Waals surface area contributed by atoms with Gasteiger partial charge in [0.15, 0.2) is 6.61 Å². The maximum Gasteiger partial charge on any atom is 0.338 e. The first kappa shape index (κ1) is 18.7. The van der Waals surface area contributed by atoms with Gasteiger partial charge in [-0.1, -0.05) is 38.0 Å². The Bertz CT molecular complexity index is 570. The lowest BCUT2D eigenvalue weighted by Crippen LogP contribution is -2.47. The van der Waals surface area contributed by atoms with Gasteiger partial charge in [-0.05, 0) is 25.0 Å². The third kappa shape index (κ3) is 5.73. The van der Waals surface area contributed by atoms with Gasteiger partial charge in [0.05, 0.1) is 12.7 Å². The molecule has 0 saturated carbocycles. The van der Waals surface area contributed by atoms with Crippen molar-refractivity contribution in [1.82, 2.24) is 5.32 Å². The lowest BCUT2D eigenvalue weighted by molar-refractivity contribution is -0.147. The molecule has 126 valence electrons. The van der Waals surface area contributed by atoms with Gasteiger partial charge in [0, 0.05) is 0 Å². The van der Waals surface area contributed by atoms with E-state index in [9.17, 15) is 14.4 Å². The molecule has 1 N–H and O–H groups in total. The highest BCUT2D eigenvalue weighted by Crippen LogP contribution is 2.09. The first-order chi connectivity index (χ1) is 10.9. The van der Waals surface area contributed by atoms with Crippen molar-refractivity contribution < 1.29 is 23.9 Å². The normalized spacial score (nSPS) is 12.9. The van der Waals surface area contributed by atoms with E-state index in [1.807, 2.05) is 26.8 Å². The smallest absolute Gasteiger partial charge is 0.338 e. The van der Waals surface area contributed by atoms with Crippen LogP contribution in [0.3, 0.4) is 0 Å². The summed E-state index contributed by atoms with van der Waals surface area (Å²) in [6.07, 6.45) is 0.698. The van der Waals surface area contributed by atoms with Crippen molar-refractivity contribution in [2.24, 2.45) is 5.92 Å². The summed E-state index contributed by atoms with van der Waals surface area (Å²) in [5.41, 5.74) is 1.30. The molecule has 23 heavy (non-hydrogen) atoms. The van der Waals surface area contributed by atoms with Gasteiger partial charge in [-0.3, -0.25) is 4.79 Å². The second-order valence-corrected chi connectivity index (χ2v) is 5.40. The van der Waals surface area contributed by atoms with E-state index in [1.165, 1.54) is 7.11 Å².